The van der Waals surface area contributed by atoms with Crippen molar-refractivity contribution in [3.63, 3.8) is 0 Å². The Labute approximate surface area is 122 Å². The fourth-order valence-corrected chi connectivity index (χ4v) is 4.20. The lowest BCUT2D eigenvalue weighted by Gasteiger charge is -2.28. The monoisotopic (exact) mass is 384 g/mol. The minimum absolute atomic E-state index is 0.0560. The van der Waals surface area contributed by atoms with Crippen molar-refractivity contribution in [3.05, 3.63) is 7.57 Å². The van der Waals surface area contributed by atoms with E-state index in [1.807, 2.05) is 20.8 Å². The van der Waals surface area contributed by atoms with Crippen LogP contribution in [0.25, 0.3) is 0 Å². The van der Waals surface area contributed by atoms with E-state index >= 15 is 0 Å². The molecule has 0 amide bonds. The number of thiophene rings is 1. The highest BCUT2D eigenvalue weighted by atomic mass is 79.9. The molecule has 0 spiro atoms. The minimum Gasteiger partial charge on any atom is -0.484 e. The van der Waals surface area contributed by atoms with Gasteiger partial charge in [0, 0.05) is 0 Å². The second-order valence-electron chi connectivity index (χ2n) is 4.78. The molecule has 2 rings (SSSR count). The molecule has 2 heterocycles. The maximum Gasteiger partial charge on any atom is 0.188 e. The highest BCUT2D eigenvalue weighted by Gasteiger charge is 2.28. The first-order valence-electron chi connectivity index (χ1n) is 5.28. The van der Waals surface area contributed by atoms with Gasteiger partial charge in [-0.2, -0.15) is 0 Å². The Kier molecular flexibility index (Phi) is 4.07. The second kappa shape index (κ2) is 5.07. The number of halogens is 2. The van der Waals surface area contributed by atoms with Gasteiger partial charge in [0.05, 0.1) is 12.2 Å². The number of hydrogen-bond acceptors (Lipinski definition) is 4. The summed E-state index contributed by atoms with van der Waals surface area (Å²) in [5.41, 5.74) is -0.157. The van der Waals surface area contributed by atoms with Crippen LogP contribution in [0.1, 0.15) is 20.8 Å². The highest BCUT2D eigenvalue weighted by molar-refractivity contribution is 9.12. The molecule has 0 fully saturated rings. The summed E-state index contributed by atoms with van der Waals surface area (Å²) in [6, 6.07) is 0. The number of rotatable bonds is 2. The van der Waals surface area contributed by atoms with E-state index in [2.05, 4.69) is 31.9 Å². The van der Waals surface area contributed by atoms with Gasteiger partial charge in [0.25, 0.3) is 0 Å². The molecule has 0 saturated carbocycles. The lowest BCUT2D eigenvalue weighted by atomic mass is 10.2. The fraction of sp³-hybridized carbons (Fsp3) is 0.636. The summed E-state index contributed by atoms with van der Waals surface area (Å²) in [6.07, 6.45) is -0.0560. The van der Waals surface area contributed by atoms with Crippen LogP contribution in [-0.2, 0) is 4.74 Å². The topological polar surface area (TPSA) is 27.7 Å². The van der Waals surface area contributed by atoms with Crippen molar-refractivity contribution in [1.82, 2.24) is 0 Å². The van der Waals surface area contributed by atoms with Crippen LogP contribution in [0.5, 0.6) is 11.5 Å². The van der Waals surface area contributed by atoms with Crippen molar-refractivity contribution in [1.29, 1.82) is 0 Å². The normalized spacial score (nSPS) is 19.5. The standard InChI is InChI=1S/C11H14Br2O3S/c1-11(2,3)15-5-6-4-14-7-8(16-6)10(13)17-9(7)12/h6H,4-5H2,1-3H3. The minimum atomic E-state index is -0.157. The van der Waals surface area contributed by atoms with Crippen molar-refractivity contribution < 1.29 is 14.2 Å². The van der Waals surface area contributed by atoms with Gasteiger partial charge in [-0.05, 0) is 52.6 Å². The first-order chi connectivity index (χ1) is 7.87. The van der Waals surface area contributed by atoms with Crippen LogP contribution in [0.3, 0.4) is 0 Å². The van der Waals surface area contributed by atoms with Gasteiger partial charge in [-0.3, -0.25) is 0 Å². The number of fused-ring (bicyclic) bond motifs is 1. The SMILES string of the molecule is CC(C)(C)OCC1COc2c(Br)sc(Br)c2O1. The summed E-state index contributed by atoms with van der Waals surface area (Å²) < 4.78 is 19.1. The van der Waals surface area contributed by atoms with Gasteiger partial charge in [-0.15, -0.1) is 11.3 Å². The van der Waals surface area contributed by atoms with E-state index in [0.29, 0.717) is 13.2 Å². The third-order valence-corrected chi connectivity index (χ3v) is 4.56. The quantitative estimate of drug-likeness (QED) is 0.762. The van der Waals surface area contributed by atoms with Crippen LogP contribution in [0, 0.1) is 0 Å². The van der Waals surface area contributed by atoms with E-state index in [9.17, 15) is 0 Å². The molecule has 0 bridgehead atoms. The lowest BCUT2D eigenvalue weighted by molar-refractivity contribution is -0.0583. The van der Waals surface area contributed by atoms with Crippen molar-refractivity contribution in [2.24, 2.45) is 0 Å². The first-order valence-corrected chi connectivity index (χ1v) is 7.68. The third kappa shape index (κ3) is 3.36. The Bertz CT molecular complexity index is 412. The smallest absolute Gasteiger partial charge is 0.188 e. The Hall–Kier alpha value is 0.220. The molecule has 6 heteroatoms. The number of hydrogen-bond donors (Lipinski definition) is 0. The zero-order valence-electron chi connectivity index (χ0n) is 9.88. The molecular formula is C11H14Br2O3S. The van der Waals surface area contributed by atoms with Crippen LogP contribution in [-0.4, -0.2) is 24.9 Å². The van der Waals surface area contributed by atoms with Gasteiger partial charge in [-0.1, -0.05) is 0 Å². The zero-order valence-corrected chi connectivity index (χ0v) is 13.9. The molecular weight excluding hydrogens is 372 g/mol. The van der Waals surface area contributed by atoms with Gasteiger partial charge in [0.1, 0.15) is 14.2 Å². The van der Waals surface area contributed by atoms with Crippen LogP contribution in [0.4, 0.5) is 0 Å². The zero-order chi connectivity index (χ0) is 12.6. The molecule has 17 heavy (non-hydrogen) atoms. The predicted molar refractivity (Wildman–Crippen MR) is 75.3 cm³/mol. The van der Waals surface area contributed by atoms with Crippen LogP contribution in [0.2, 0.25) is 0 Å². The average Bonchev–Trinajstić information content (AvgIpc) is 2.51. The molecule has 0 N–H and O–H groups in total. The van der Waals surface area contributed by atoms with Gasteiger partial charge in [0.2, 0.25) is 0 Å². The molecule has 3 nitrogen and oxygen atoms in total. The average molecular weight is 386 g/mol. The Balaban J connectivity index is 2.01. The van der Waals surface area contributed by atoms with E-state index in [4.69, 9.17) is 14.2 Å². The van der Waals surface area contributed by atoms with E-state index in [0.717, 1.165) is 19.1 Å². The van der Waals surface area contributed by atoms with Crippen LogP contribution in [0.15, 0.2) is 7.57 Å². The third-order valence-electron chi connectivity index (χ3n) is 2.14. The van der Waals surface area contributed by atoms with Gasteiger partial charge < -0.3 is 14.2 Å². The maximum absolute atomic E-state index is 5.86. The Morgan fingerprint density at radius 2 is 1.94 bits per heavy atom. The van der Waals surface area contributed by atoms with Crippen LogP contribution >= 0.6 is 43.2 Å². The molecule has 1 atom stereocenters. The highest BCUT2D eigenvalue weighted by Crippen LogP contribution is 2.50. The lowest BCUT2D eigenvalue weighted by Crippen LogP contribution is -2.36. The molecule has 0 saturated heterocycles. The summed E-state index contributed by atoms with van der Waals surface area (Å²) in [6.45, 7) is 7.13. The Morgan fingerprint density at radius 1 is 1.29 bits per heavy atom. The summed E-state index contributed by atoms with van der Waals surface area (Å²) >= 11 is 8.46. The largest absolute Gasteiger partial charge is 0.484 e. The van der Waals surface area contributed by atoms with Crippen molar-refractivity contribution in [2.75, 3.05) is 13.2 Å². The molecule has 1 aliphatic heterocycles. The van der Waals surface area contributed by atoms with Crippen molar-refractivity contribution in [3.8, 4) is 11.5 Å². The predicted octanol–water partition coefficient (Wildman–Crippen LogP) is 4.23. The van der Waals surface area contributed by atoms with Gasteiger partial charge in [0.15, 0.2) is 17.6 Å². The first kappa shape index (κ1) is 13.6. The van der Waals surface area contributed by atoms with Crippen LogP contribution < -0.4 is 9.47 Å². The molecule has 0 aromatic carbocycles. The summed E-state index contributed by atoms with van der Waals surface area (Å²) in [5.74, 6) is 1.56. The van der Waals surface area contributed by atoms with Gasteiger partial charge >= 0.3 is 0 Å². The van der Waals surface area contributed by atoms with Crippen molar-refractivity contribution in [2.45, 2.75) is 32.5 Å². The van der Waals surface area contributed by atoms with E-state index in [1.165, 1.54) is 0 Å². The second-order valence-corrected chi connectivity index (χ2v) is 8.44. The van der Waals surface area contributed by atoms with E-state index in [1.54, 1.807) is 11.3 Å². The molecule has 0 aliphatic carbocycles. The summed E-state index contributed by atoms with van der Waals surface area (Å²) in [7, 11) is 0. The van der Waals surface area contributed by atoms with E-state index < -0.39 is 0 Å². The molecule has 0 radical (unpaired) electrons. The molecule has 96 valence electrons. The summed E-state index contributed by atoms with van der Waals surface area (Å²) in [5, 5.41) is 0. The molecule has 1 aromatic heterocycles. The van der Waals surface area contributed by atoms with E-state index in [-0.39, 0.29) is 11.7 Å². The molecule has 1 aliphatic rings. The molecule has 1 unspecified atom stereocenters. The number of ether oxygens (including phenoxy) is 3. The maximum atomic E-state index is 5.86. The van der Waals surface area contributed by atoms with Gasteiger partial charge in [-0.25, -0.2) is 0 Å². The summed E-state index contributed by atoms with van der Waals surface area (Å²) in [4.78, 5) is 0. The molecule has 1 aromatic rings. The van der Waals surface area contributed by atoms with Crippen molar-refractivity contribution >= 4 is 43.2 Å². The fourth-order valence-electron chi connectivity index (χ4n) is 1.37. The Morgan fingerprint density at radius 3 is 2.59 bits per heavy atom.